The molecule has 0 radical (unpaired) electrons. The van der Waals surface area contributed by atoms with E-state index < -0.39 is 0 Å². The molecule has 0 unspecified atom stereocenters. The molecule has 1 N–H and O–H groups in total. The SMILES string of the molecule is Cc1noc(C)c1CCC(=O)Nc1ccc(-n2cncn2)cc1. The van der Waals surface area contributed by atoms with E-state index in [1.54, 1.807) is 11.0 Å². The van der Waals surface area contributed by atoms with Gasteiger partial charge in [-0.3, -0.25) is 4.79 Å². The number of rotatable bonds is 5. The molecule has 3 rings (SSSR count). The Balaban J connectivity index is 1.58. The van der Waals surface area contributed by atoms with E-state index in [1.807, 2.05) is 38.1 Å². The van der Waals surface area contributed by atoms with E-state index in [9.17, 15) is 4.79 Å². The van der Waals surface area contributed by atoms with Crippen molar-refractivity contribution in [1.82, 2.24) is 19.9 Å². The van der Waals surface area contributed by atoms with E-state index in [0.29, 0.717) is 12.8 Å². The molecule has 3 aromatic rings. The van der Waals surface area contributed by atoms with Gasteiger partial charge in [0.15, 0.2) is 0 Å². The Morgan fingerprint density at radius 1 is 1.26 bits per heavy atom. The Hall–Kier alpha value is -2.96. The number of aryl methyl sites for hydroxylation is 2. The number of nitrogens with zero attached hydrogens (tertiary/aromatic N) is 4. The second-order valence-electron chi connectivity index (χ2n) is 5.24. The van der Waals surface area contributed by atoms with E-state index >= 15 is 0 Å². The van der Waals surface area contributed by atoms with Crippen molar-refractivity contribution in [3.05, 3.63) is 53.9 Å². The highest BCUT2D eigenvalue weighted by Gasteiger charge is 2.11. The van der Waals surface area contributed by atoms with Crippen LogP contribution in [0.5, 0.6) is 0 Å². The fraction of sp³-hybridized carbons (Fsp3) is 0.250. The van der Waals surface area contributed by atoms with Crippen LogP contribution in [-0.4, -0.2) is 25.8 Å². The van der Waals surface area contributed by atoms with E-state index in [4.69, 9.17) is 4.52 Å². The monoisotopic (exact) mass is 311 g/mol. The van der Waals surface area contributed by atoms with Crippen LogP contribution in [-0.2, 0) is 11.2 Å². The summed E-state index contributed by atoms with van der Waals surface area (Å²) in [6.07, 6.45) is 4.10. The number of carbonyl (C=O) groups excluding carboxylic acids is 1. The lowest BCUT2D eigenvalue weighted by Crippen LogP contribution is -2.12. The lowest BCUT2D eigenvalue weighted by molar-refractivity contribution is -0.116. The lowest BCUT2D eigenvalue weighted by Gasteiger charge is -2.06. The van der Waals surface area contributed by atoms with Crippen molar-refractivity contribution in [3.8, 4) is 5.69 Å². The first-order valence-corrected chi connectivity index (χ1v) is 7.30. The Labute approximate surface area is 133 Å². The Kier molecular flexibility index (Phi) is 4.18. The molecule has 0 aliphatic rings. The molecular formula is C16H17N5O2. The number of amides is 1. The average Bonchev–Trinajstić information content (AvgIpc) is 3.17. The highest BCUT2D eigenvalue weighted by Crippen LogP contribution is 2.16. The van der Waals surface area contributed by atoms with Crippen molar-refractivity contribution in [2.24, 2.45) is 0 Å². The van der Waals surface area contributed by atoms with Gasteiger partial charge in [0.05, 0.1) is 11.4 Å². The molecule has 0 saturated carbocycles. The molecule has 0 bridgehead atoms. The Bertz CT molecular complexity index is 771. The van der Waals surface area contributed by atoms with Gasteiger partial charge >= 0.3 is 0 Å². The van der Waals surface area contributed by atoms with Crippen molar-refractivity contribution in [2.45, 2.75) is 26.7 Å². The third-order valence-electron chi connectivity index (χ3n) is 3.62. The van der Waals surface area contributed by atoms with Crippen LogP contribution in [0.2, 0.25) is 0 Å². The zero-order valence-corrected chi connectivity index (χ0v) is 13.0. The smallest absolute Gasteiger partial charge is 0.224 e. The van der Waals surface area contributed by atoms with Gasteiger partial charge in [0, 0.05) is 17.7 Å². The zero-order valence-electron chi connectivity index (χ0n) is 13.0. The van der Waals surface area contributed by atoms with Crippen LogP contribution in [0.15, 0.2) is 41.4 Å². The fourth-order valence-corrected chi connectivity index (χ4v) is 2.36. The molecule has 0 atom stereocenters. The normalized spacial score (nSPS) is 10.7. The van der Waals surface area contributed by atoms with Crippen LogP contribution in [0.4, 0.5) is 5.69 Å². The van der Waals surface area contributed by atoms with Crippen LogP contribution in [0.3, 0.4) is 0 Å². The lowest BCUT2D eigenvalue weighted by atomic mass is 10.1. The molecule has 23 heavy (non-hydrogen) atoms. The number of nitrogens with one attached hydrogen (secondary N) is 1. The van der Waals surface area contributed by atoms with Gasteiger partial charge in [0.1, 0.15) is 18.4 Å². The second kappa shape index (κ2) is 6.43. The van der Waals surface area contributed by atoms with Crippen molar-refractivity contribution in [3.63, 3.8) is 0 Å². The third kappa shape index (κ3) is 3.45. The summed E-state index contributed by atoms with van der Waals surface area (Å²) in [5, 5.41) is 10.8. The van der Waals surface area contributed by atoms with Crippen LogP contribution < -0.4 is 5.32 Å². The number of hydrogen-bond acceptors (Lipinski definition) is 5. The van der Waals surface area contributed by atoms with Crippen molar-refractivity contribution >= 4 is 11.6 Å². The highest BCUT2D eigenvalue weighted by atomic mass is 16.5. The van der Waals surface area contributed by atoms with Crippen LogP contribution in [0.25, 0.3) is 5.69 Å². The standard InChI is InChI=1S/C16H17N5O2/c1-11-15(12(2)23-20-11)7-8-16(22)19-13-3-5-14(6-4-13)21-10-17-9-18-21/h3-6,9-10H,7-8H2,1-2H3,(H,19,22). The van der Waals surface area contributed by atoms with Crippen LogP contribution in [0.1, 0.15) is 23.4 Å². The predicted octanol–water partition coefficient (Wildman–Crippen LogP) is 2.44. The van der Waals surface area contributed by atoms with Gasteiger partial charge in [0.2, 0.25) is 5.91 Å². The molecular weight excluding hydrogens is 294 g/mol. The summed E-state index contributed by atoms with van der Waals surface area (Å²) in [6, 6.07) is 7.42. The van der Waals surface area contributed by atoms with Gasteiger partial charge in [-0.25, -0.2) is 9.67 Å². The van der Waals surface area contributed by atoms with Crippen LogP contribution in [0, 0.1) is 13.8 Å². The molecule has 7 nitrogen and oxygen atoms in total. The van der Waals surface area contributed by atoms with Gasteiger partial charge < -0.3 is 9.84 Å². The van der Waals surface area contributed by atoms with E-state index in [2.05, 4.69) is 20.6 Å². The number of hydrogen-bond donors (Lipinski definition) is 1. The van der Waals surface area contributed by atoms with Crippen molar-refractivity contribution < 1.29 is 9.32 Å². The minimum Gasteiger partial charge on any atom is -0.361 e. The first-order chi connectivity index (χ1) is 11.1. The maximum absolute atomic E-state index is 12.1. The number of benzene rings is 1. The summed E-state index contributed by atoms with van der Waals surface area (Å²) in [6.45, 7) is 3.74. The first-order valence-electron chi connectivity index (χ1n) is 7.30. The Morgan fingerprint density at radius 3 is 2.65 bits per heavy atom. The van der Waals surface area contributed by atoms with E-state index in [-0.39, 0.29) is 5.91 Å². The van der Waals surface area contributed by atoms with Gasteiger partial charge in [-0.2, -0.15) is 5.10 Å². The highest BCUT2D eigenvalue weighted by molar-refractivity contribution is 5.90. The fourth-order valence-electron chi connectivity index (χ4n) is 2.36. The average molecular weight is 311 g/mol. The third-order valence-corrected chi connectivity index (χ3v) is 3.62. The molecule has 0 fully saturated rings. The quantitative estimate of drug-likeness (QED) is 0.782. The topological polar surface area (TPSA) is 85.8 Å². The summed E-state index contributed by atoms with van der Waals surface area (Å²) >= 11 is 0. The van der Waals surface area contributed by atoms with Crippen molar-refractivity contribution in [1.29, 1.82) is 0 Å². The van der Waals surface area contributed by atoms with Gasteiger partial charge in [-0.1, -0.05) is 5.16 Å². The summed E-state index contributed by atoms with van der Waals surface area (Å²) in [5.74, 6) is 0.728. The Morgan fingerprint density at radius 2 is 2.04 bits per heavy atom. The molecule has 0 saturated heterocycles. The molecule has 2 heterocycles. The van der Waals surface area contributed by atoms with Gasteiger partial charge in [-0.15, -0.1) is 0 Å². The molecule has 0 aliphatic carbocycles. The summed E-state index contributed by atoms with van der Waals surface area (Å²) < 4.78 is 6.76. The molecule has 118 valence electrons. The van der Waals surface area contributed by atoms with Gasteiger partial charge in [0.25, 0.3) is 0 Å². The second-order valence-corrected chi connectivity index (χ2v) is 5.24. The molecule has 0 aliphatic heterocycles. The molecule has 1 aromatic carbocycles. The number of aromatic nitrogens is 4. The number of anilines is 1. The predicted molar refractivity (Wildman–Crippen MR) is 84.3 cm³/mol. The minimum atomic E-state index is -0.0431. The number of carbonyl (C=O) groups is 1. The zero-order chi connectivity index (χ0) is 16.2. The summed E-state index contributed by atoms with van der Waals surface area (Å²) in [7, 11) is 0. The first kappa shape index (κ1) is 15.0. The molecule has 0 spiro atoms. The van der Waals surface area contributed by atoms with E-state index in [1.165, 1.54) is 6.33 Å². The molecule has 1 amide bonds. The van der Waals surface area contributed by atoms with Gasteiger partial charge in [-0.05, 0) is 44.5 Å². The minimum absolute atomic E-state index is 0.0431. The largest absolute Gasteiger partial charge is 0.361 e. The summed E-state index contributed by atoms with van der Waals surface area (Å²) in [4.78, 5) is 16.0. The van der Waals surface area contributed by atoms with E-state index in [0.717, 1.165) is 28.4 Å². The molecule has 7 heteroatoms. The maximum Gasteiger partial charge on any atom is 0.224 e. The maximum atomic E-state index is 12.1. The van der Waals surface area contributed by atoms with Crippen molar-refractivity contribution in [2.75, 3.05) is 5.32 Å². The summed E-state index contributed by atoms with van der Waals surface area (Å²) in [5.41, 5.74) is 3.48. The van der Waals surface area contributed by atoms with Crippen LogP contribution >= 0.6 is 0 Å². The molecule has 2 aromatic heterocycles.